The molecular weight excluding hydrogens is 234 g/mol. The van der Waals surface area contributed by atoms with Crippen LogP contribution in [0.25, 0.3) is 0 Å². The normalized spacial score (nSPS) is 21.8. The zero-order chi connectivity index (χ0) is 14.3. The van der Waals surface area contributed by atoms with Crippen molar-refractivity contribution >= 4 is 0 Å². The summed E-state index contributed by atoms with van der Waals surface area (Å²) < 4.78 is 0. The van der Waals surface area contributed by atoms with Gasteiger partial charge in [0.2, 0.25) is 0 Å². The van der Waals surface area contributed by atoms with Crippen molar-refractivity contribution in [3.05, 3.63) is 0 Å². The van der Waals surface area contributed by atoms with E-state index in [9.17, 15) is 0 Å². The molecule has 0 aliphatic carbocycles. The minimum atomic E-state index is 0.221. The van der Waals surface area contributed by atoms with Gasteiger partial charge in [-0.05, 0) is 19.3 Å². The van der Waals surface area contributed by atoms with Crippen molar-refractivity contribution in [1.29, 1.82) is 0 Å². The maximum Gasteiger partial charge on any atom is 0.0304 e. The zero-order valence-corrected chi connectivity index (χ0v) is 13.6. The molecule has 0 bridgehead atoms. The van der Waals surface area contributed by atoms with Crippen molar-refractivity contribution in [2.24, 2.45) is 11.7 Å². The molecule has 1 rings (SSSR count). The molecule has 1 unspecified atom stereocenters. The molecule has 1 atom stereocenters. The fourth-order valence-electron chi connectivity index (χ4n) is 3.13. The van der Waals surface area contributed by atoms with E-state index in [-0.39, 0.29) is 5.54 Å². The molecule has 0 spiro atoms. The predicted octanol–water partition coefficient (Wildman–Crippen LogP) is 2.56. The molecule has 0 aromatic carbocycles. The Hall–Kier alpha value is -0.120. The number of nitrogens with two attached hydrogens (primary N) is 1. The quantitative estimate of drug-likeness (QED) is 0.687. The molecule has 1 saturated heterocycles. The average Bonchev–Trinajstić information content (AvgIpc) is 2.39. The Labute approximate surface area is 120 Å². The Morgan fingerprint density at radius 3 is 2.21 bits per heavy atom. The van der Waals surface area contributed by atoms with Crippen LogP contribution in [0.2, 0.25) is 0 Å². The number of nitrogens with zero attached hydrogens (tertiary/aromatic N) is 2. The number of hydrogen-bond donors (Lipinski definition) is 1. The first-order valence-corrected chi connectivity index (χ1v) is 8.19. The van der Waals surface area contributed by atoms with Crippen molar-refractivity contribution in [3.8, 4) is 0 Å². The van der Waals surface area contributed by atoms with Crippen LogP contribution in [-0.2, 0) is 0 Å². The second kappa shape index (κ2) is 8.23. The molecular formula is C16H35N3. The fourth-order valence-corrected chi connectivity index (χ4v) is 3.13. The summed E-state index contributed by atoms with van der Waals surface area (Å²) in [5.74, 6) is 0.775. The van der Waals surface area contributed by atoms with Gasteiger partial charge in [0, 0.05) is 44.8 Å². The van der Waals surface area contributed by atoms with Crippen LogP contribution in [0, 0.1) is 5.92 Å². The maximum absolute atomic E-state index is 6.08. The van der Waals surface area contributed by atoms with Gasteiger partial charge in [-0.15, -0.1) is 0 Å². The molecule has 3 heteroatoms. The summed E-state index contributed by atoms with van der Waals surface area (Å²) in [6.07, 6.45) is 5.20. The highest BCUT2D eigenvalue weighted by Gasteiger charge is 2.32. The van der Waals surface area contributed by atoms with Gasteiger partial charge in [0.05, 0.1) is 0 Å². The molecule has 0 radical (unpaired) electrons. The number of hydrogen-bond acceptors (Lipinski definition) is 3. The summed E-state index contributed by atoms with van der Waals surface area (Å²) in [6, 6.07) is 0. The molecule has 0 aromatic heterocycles. The summed E-state index contributed by atoms with van der Waals surface area (Å²) in [5, 5.41) is 0. The van der Waals surface area contributed by atoms with Crippen LogP contribution < -0.4 is 5.73 Å². The largest absolute Gasteiger partial charge is 0.329 e. The van der Waals surface area contributed by atoms with E-state index in [4.69, 9.17) is 5.73 Å². The molecule has 0 saturated carbocycles. The van der Waals surface area contributed by atoms with Crippen molar-refractivity contribution in [3.63, 3.8) is 0 Å². The first-order valence-electron chi connectivity index (χ1n) is 8.19. The van der Waals surface area contributed by atoms with Gasteiger partial charge >= 0.3 is 0 Å². The minimum Gasteiger partial charge on any atom is -0.329 e. The highest BCUT2D eigenvalue weighted by atomic mass is 15.3. The number of piperazine rings is 1. The SMILES string of the molecule is CCCCCC(C)(CN)N1CCN(CC(C)C)CC1. The average molecular weight is 269 g/mol. The van der Waals surface area contributed by atoms with Gasteiger partial charge < -0.3 is 10.6 Å². The molecule has 3 nitrogen and oxygen atoms in total. The lowest BCUT2D eigenvalue weighted by atomic mass is 9.91. The minimum absolute atomic E-state index is 0.221. The van der Waals surface area contributed by atoms with Gasteiger partial charge in [-0.1, -0.05) is 40.0 Å². The van der Waals surface area contributed by atoms with Crippen molar-refractivity contribution in [2.75, 3.05) is 39.3 Å². The highest BCUT2D eigenvalue weighted by molar-refractivity contribution is 4.90. The van der Waals surface area contributed by atoms with E-state index in [0.717, 1.165) is 12.5 Å². The van der Waals surface area contributed by atoms with Crippen LogP contribution in [-0.4, -0.2) is 54.6 Å². The number of unbranched alkanes of at least 4 members (excludes halogenated alkanes) is 2. The third-order valence-corrected chi connectivity index (χ3v) is 4.52. The van der Waals surface area contributed by atoms with Gasteiger partial charge in [0.1, 0.15) is 0 Å². The first-order chi connectivity index (χ1) is 9.01. The first kappa shape index (κ1) is 16.9. The summed E-state index contributed by atoms with van der Waals surface area (Å²) in [4.78, 5) is 5.24. The second-order valence-electron chi connectivity index (χ2n) is 6.84. The van der Waals surface area contributed by atoms with Gasteiger partial charge in [0.15, 0.2) is 0 Å². The molecule has 0 aromatic rings. The lowest BCUT2D eigenvalue weighted by molar-refractivity contribution is 0.0363. The van der Waals surface area contributed by atoms with E-state index in [1.807, 2.05) is 0 Å². The summed E-state index contributed by atoms with van der Waals surface area (Å²) >= 11 is 0. The van der Waals surface area contributed by atoms with Crippen LogP contribution in [0.1, 0.15) is 53.4 Å². The van der Waals surface area contributed by atoms with Crippen molar-refractivity contribution < 1.29 is 0 Å². The number of rotatable bonds is 8. The van der Waals surface area contributed by atoms with E-state index in [2.05, 4.69) is 37.5 Å². The molecule has 0 amide bonds. The summed E-state index contributed by atoms with van der Waals surface area (Å²) in [7, 11) is 0. The third-order valence-electron chi connectivity index (χ3n) is 4.52. The Balaban J connectivity index is 2.41. The fraction of sp³-hybridized carbons (Fsp3) is 1.00. The standard InChI is InChI=1S/C16H35N3/c1-5-6-7-8-16(4,14-17)19-11-9-18(10-12-19)13-15(2)3/h15H,5-14,17H2,1-4H3. The van der Waals surface area contributed by atoms with Crippen LogP contribution in [0.5, 0.6) is 0 Å². The molecule has 114 valence electrons. The van der Waals surface area contributed by atoms with Crippen LogP contribution in [0.4, 0.5) is 0 Å². The van der Waals surface area contributed by atoms with Crippen LogP contribution >= 0.6 is 0 Å². The Kier molecular flexibility index (Phi) is 7.33. The molecule has 1 fully saturated rings. The van der Waals surface area contributed by atoms with E-state index in [0.29, 0.717) is 0 Å². The zero-order valence-electron chi connectivity index (χ0n) is 13.6. The van der Waals surface area contributed by atoms with E-state index < -0.39 is 0 Å². The van der Waals surface area contributed by atoms with Crippen LogP contribution in [0.15, 0.2) is 0 Å². The Morgan fingerprint density at radius 1 is 1.11 bits per heavy atom. The molecule has 1 aliphatic rings. The van der Waals surface area contributed by atoms with E-state index in [1.165, 1.54) is 58.4 Å². The predicted molar refractivity (Wildman–Crippen MR) is 84.5 cm³/mol. The summed E-state index contributed by atoms with van der Waals surface area (Å²) in [6.45, 7) is 16.1. The smallest absolute Gasteiger partial charge is 0.0304 e. The van der Waals surface area contributed by atoms with Gasteiger partial charge in [-0.3, -0.25) is 4.90 Å². The molecule has 1 heterocycles. The van der Waals surface area contributed by atoms with Gasteiger partial charge in [-0.2, -0.15) is 0 Å². The maximum atomic E-state index is 6.08. The van der Waals surface area contributed by atoms with Gasteiger partial charge in [-0.25, -0.2) is 0 Å². The van der Waals surface area contributed by atoms with Crippen molar-refractivity contribution in [2.45, 2.75) is 58.9 Å². The monoisotopic (exact) mass is 269 g/mol. The molecule has 2 N–H and O–H groups in total. The lowest BCUT2D eigenvalue weighted by Gasteiger charge is -2.46. The Bertz CT molecular complexity index is 234. The third kappa shape index (κ3) is 5.41. The van der Waals surface area contributed by atoms with E-state index in [1.54, 1.807) is 0 Å². The lowest BCUT2D eigenvalue weighted by Crippen LogP contribution is -2.59. The van der Waals surface area contributed by atoms with Gasteiger partial charge in [0.25, 0.3) is 0 Å². The summed E-state index contributed by atoms with van der Waals surface area (Å²) in [5.41, 5.74) is 6.30. The second-order valence-corrected chi connectivity index (χ2v) is 6.84. The topological polar surface area (TPSA) is 32.5 Å². The highest BCUT2D eigenvalue weighted by Crippen LogP contribution is 2.23. The molecule has 19 heavy (non-hydrogen) atoms. The van der Waals surface area contributed by atoms with Crippen molar-refractivity contribution in [1.82, 2.24) is 9.80 Å². The Morgan fingerprint density at radius 2 is 1.74 bits per heavy atom. The molecule has 1 aliphatic heterocycles. The van der Waals surface area contributed by atoms with E-state index >= 15 is 0 Å². The van der Waals surface area contributed by atoms with Crippen LogP contribution in [0.3, 0.4) is 0 Å².